The van der Waals surface area contributed by atoms with Crippen molar-refractivity contribution in [2.24, 2.45) is 0 Å². The summed E-state index contributed by atoms with van der Waals surface area (Å²) in [6.07, 6.45) is -3.59. The summed E-state index contributed by atoms with van der Waals surface area (Å²) in [5.41, 5.74) is -0.749. The summed E-state index contributed by atoms with van der Waals surface area (Å²) in [5.74, 6) is -0.359. The van der Waals surface area contributed by atoms with Crippen LogP contribution in [0.3, 0.4) is 0 Å². The van der Waals surface area contributed by atoms with E-state index in [-0.39, 0.29) is 12.1 Å². The van der Waals surface area contributed by atoms with E-state index in [9.17, 15) is 19.4 Å². The lowest BCUT2D eigenvalue weighted by atomic mass is 10.0. The molecule has 0 saturated carbocycles. The SMILES string of the molecule is CCOc1ccc(C(O)C(O)CNC(=O)OC(C)(C)C)c(F)c1. The number of rotatable bonds is 6. The lowest BCUT2D eigenvalue weighted by molar-refractivity contribution is 0.0113. The molecule has 0 aliphatic heterocycles. The molecule has 2 atom stereocenters. The average Bonchev–Trinajstić information content (AvgIpc) is 2.43. The van der Waals surface area contributed by atoms with Gasteiger partial charge in [0.25, 0.3) is 0 Å². The summed E-state index contributed by atoms with van der Waals surface area (Å²) in [5, 5.41) is 22.2. The number of halogens is 1. The molecule has 23 heavy (non-hydrogen) atoms. The van der Waals surface area contributed by atoms with Crippen LogP contribution in [0, 0.1) is 5.82 Å². The standard InChI is InChI=1S/C16H24FNO5/c1-5-22-10-6-7-11(12(17)8-10)14(20)13(19)9-18-15(21)23-16(2,3)4/h6-8,13-14,19-20H,5,9H2,1-4H3,(H,18,21). The minimum Gasteiger partial charge on any atom is -0.494 e. The van der Waals surface area contributed by atoms with Crippen LogP contribution in [0.25, 0.3) is 0 Å². The monoisotopic (exact) mass is 329 g/mol. The largest absolute Gasteiger partial charge is 0.494 e. The van der Waals surface area contributed by atoms with Gasteiger partial charge < -0.3 is 25.0 Å². The fraction of sp³-hybridized carbons (Fsp3) is 0.562. The number of nitrogens with one attached hydrogen (secondary N) is 1. The highest BCUT2D eigenvalue weighted by atomic mass is 19.1. The molecular weight excluding hydrogens is 305 g/mol. The molecule has 1 rings (SSSR count). The van der Waals surface area contributed by atoms with Crippen molar-refractivity contribution in [2.75, 3.05) is 13.2 Å². The van der Waals surface area contributed by atoms with Gasteiger partial charge in [-0.15, -0.1) is 0 Å². The number of carbonyl (C=O) groups is 1. The van der Waals surface area contributed by atoms with E-state index in [2.05, 4.69) is 5.32 Å². The van der Waals surface area contributed by atoms with Gasteiger partial charge in [-0.2, -0.15) is 0 Å². The molecule has 1 aromatic carbocycles. The maximum absolute atomic E-state index is 13.9. The fourth-order valence-corrected chi connectivity index (χ4v) is 1.83. The molecule has 2 unspecified atom stereocenters. The predicted octanol–water partition coefficient (Wildman–Crippen LogP) is 2.14. The van der Waals surface area contributed by atoms with Crippen molar-refractivity contribution in [3.05, 3.63) is 29.6 Å². The van der Waals surface area contributed by atoms with Gasteiger partial charge in [-0.25, -0.2) is 9.18 Å². The van der Waals surface area contributed by atoms with E-state index < -0.39 is 29.7 Å². The molecule has 0 spiro atoms. The first-order chi connectivity index (χ1) is 10.6. The van der Waals surface area contributed by atoms with Crippen LogP contribution >= 0.6 is 0 Å². The lowest BCUT2D eigenvalue weighted by Gasteiger charge is -2.22. The summed E-state index contributed by atoms with van der Waals surface area (Å²) >= 11 is 0. The quantitative estimate of drug-likeness (QED) is 0.744. The third kappa shape index (κ3) is 6.42. The number of alkyl carbamates (subject to hydrolysis) is 1. The Morgan fingerprint density at radius 3 is 2.52 bits per heavy atom. The van der Waals surface area contributed by atoms with E-state index in [1.165, 1.54) is 12.1 Å². The number of ether oxygens (including phenoxy) is 2. The third-order valence-electron chi connectivity index (χ3n) is 2.82. The highest BCUT2D eigenvalue weighted by Gasteiger charge is 2.23. The molecule has 0 aliphatic carbocycles. The first-order valence-corrected chi connectivity index (χ1v) is 7.39. The van der Waals surface area contributed by atoms with Crippen LogP contribution in [-0.4, -0.2) is 41.2 Å². The van der Waals surface area contributed by atoms with E-state index in [0.29, 0.717) is 12.4 Å². The maximum atomic E-state index is 13.9. The normalized spacial score (nSPS) is 14.0. The number of amides is 1. The number of hydrogen-bond acceptors (Lipinski definition) is 5. The van der Waals surface area contributed by atoms with E-state index in [0.717, 1.165) is 6.07 Å². The second-order valence-electron chi connectivity index (χ2n) is 6.01. The van der Waals surface area contributed by atoms with Crippen LogP contribution in [0.15, 0.2) is 18.2 Å². The van der Waals surface area contributed by atoms with E-state index in [1.807, 2.05) is 0 Å². The second-order valence-corrected chi connectivity index (χ2v) is 6.01. The van der Waals surface area contributed by atoms with Crippen LogP contribution in [-0.2, 0) is 4.74 Å². The van der Waals surface area contributed by atoms with Crippen LogP contribution in [0.5, 0.6) is 5.75 Å². The highest BCUT2D eigenvalue weighted by Crippen LogP contribution is 2.24. The molecule has 1 amide bonds. The summed E-state index contributed by atoms with van der Waals surface area (Å²) in [7, 11) is 0. The molecule has 0 aromatic heterocycles. The van der Waals surface area contributed by atoms with Gasteiger partial charge in [0.15, 0.2) is 0 Å². The van der Waals surface area contributed by atoms with Crippen molar-refractivity contribution in [3.63, 3.8) is 0 Å². The zero-order valence-electron chi connectivity index (χ0n) is 13.8. The van der Waals surface area contributed by atoms with Gasteiger partial charge in [-0.1, -0.05) is 0 Å². The Morgan fingerprint density at radius 1 is 1.35 bits per heavy atom. The molecule has 6 nitrogen and oxygen atoms in total. The summed E-state index contributed by atoms with van der Waals surface area (Å²) < 4.78 is 24.1. The molecule has 7 heteroatoms. The van der Waals surface area contributed by atoms with Gasteiger partial charge in [0, 0.05) is 18.2 Å². The summed E-state index contributed by atoms with van der Waals surface area (Å²) in [4.78, 5) is 11.5. The van der Waals surface area contributed by atoms with Crippen molar-refractivity contribution in [1.29, 1.82) is 0 Å². The van der Waals surface area contributed by atoms with Crippen LogP contribution < -0.4 is 10.1 Å². The Labute approximate surface area is 135 Å². The number of aliphatic hydroxyl groups is 2. The predicted molar refractivity (Wildman–Crippen MR) is 82.8 cm³/mol. The molecular formula is C16H24FNO5. The zero-order chi connectivity index (χ0) is 17.6. The van der Waals surface area contributed by atoms with Gasteiger partial charge in [0.2, 0.25) is 0 Å². The Bertz CT molecular complexity index is 530. The molecule has 0 fully saturated rings. The molecule has 1 aromatic rings. The van der Waals surface area contributed by atoms with Crippen molar-refractivity contribution in [1.82, 2.24) is 5.32 Å². The minimum absolute atomic E-state index is 0.0769. The minimum atomic E-state index is -1.49. The number of carbonyl (C=O) groups excluding carboxylic acids is 1. The van der Waals surface area contributed by atoms with Gasteiger partial charge in [-0.3, -0.25) is 0 Å². The number of benzene rings is 1. The zero-order valence-corrected chi connectivity index (χ0v) is 13.8. The molecule has 0 aliphatic rings. The van der Waals surface area contributed by atoms with Crippen molar-refractivity contribution < 1.29 is 28.9 Å². The van der Waals surface area contributed by atoms with Gasteiger partial charge in [0.1, 0.15) is 29.4 Å². The second kappa shape index (κ2) is 8.12. The van der Waals surface area contributed by atoms with Crippen molar-refractivity contribution in [2.45, 2.75) is 45.5 Å². The Morgan fingerprint density at radius 2 is 2.00 bits per heavy atom. The Balaban J connectivity index is 2.63. The molecule has 0 saturated heterocycles. The Hall–Kier alpha value is -1.86. The topological polar surface area (TPSA) is 88.0 Å². The van der Waals surface area contributed by atoms with Gasteiger partial charge >= 0.3 is 6.09 Å². The molecule has 0 bridgehead atoms. The number of aliphatic hydroxyl groups excluding tert-OH is 2. The first kappa shape index (κ1) is 19.2. The number of hydrogen-bond donors (Lipinski definition) is 3. The van der Waals surface area contributed by atoms with Crippen molar-refractivity contribution in [3.8, 4) is 5.75 Å². The van der Waals surface area contributed by atoms with E-state index >= 15 is 0 Å². The molecule has 0 radical (unpaired) electrons. The highest BCUT2D eigenvalue weighted by molar-refractivity contribution is 5.67. The molecule has 130 valence electrons. The smallest absolute Gasteiger partial charge is 0.407 e. The first-order valence-electron chi connectivity index (χ1n) is 7.39. The molecule has 0 heterocycles. The van der Waals surface area contributed by atoms with Crippen molar-refractivity contribution >= 4 is 6.09 Å². The lowest BCUT2D eigenvalue weighted by Crippen LogP contribution is -2.39. The fourth-order valence-electron chi connectivity index (χ4n) is 1.83. The maximum Gasteiger partial charge on any atom is 0.407 e. The summed E-state index contributed by atoms with van der Waals surface area (Å²) in [6, 6.07) is 3.97. The van der Waals surface area contributed by atoms with E-state index in [1.54, 1.807) is 27.7 Å². The van der Waals surface area contributed by atoms with E-state index in [4.69, 9.17) is 9.47 Å². The van der Waals surface area contributed by atoms with Crippen LogP contribution in [0.4, 0.5) is 9.18 Å². The average molecular weight is 329 g/mol. The molecule has 3 N–H and O–H groups in total. The van der Waals surface area contributed by atoms with Crippen LogP contribution in [0.1, 0.15) is 39.4 Å². The van der Waals surface area contributed by atoms with Gasteiger partial charge in [-0.05, 0) is 39.8 Å². The Kier molecular flexibility index (Phi) is 6.78. The third-order valence-corrected chi connectivity index (χ3v) is 2.82. The van der Waals surface area contributed by atoms with Gasteiger partial charge in [0.05, 0.1) is 6.61 Å². The summed E-state index contributed by atoms with van der Waals surface area (Å²) in [6.45, 7) is 6.99. The van der Waals surface area contributed by atoms with Crippen LogP contribution in [0.2, 0.25) is 0 Å².